The van der Waals surface area contributed by atoms with Crippen molar-refractivity contribution >= 4 is 35.0 Å². The van der Waals surface area contributed by atoms with Gasteiger partial charge in [0.15, 0.2) is 11.4 Å². The second-order valence-corrected chi connectivity index (χ2v) is 8.32. The Labute approximate surface area is 193 Å². The third-order valence-electron chi connectivity index (χ3n) is 4.27. The monoisotopic (exact) mass is 461 g/mol. The number of hydrogen-bond acceptors (Lipinski definition) is 7. The summed E-state index contributed by atoms with van der Waals surface area (Å²) in [5.41, 5.74) is 0.104. The van der Waals surface area contributed by atoms with Crippen LogP contribution < -0.4 is 10.1 Å². The van der Waals surface area contributed by atoms with Crippen LogP contribution in [0.1, 0.15) is 50.5 Å². The molecule has 0 amide bonds. The van der Waals surface area contributed by atoms with Crippen LogP contribution in [0.3, 0.4) is 0 Å². The summed E-state index contributed by atoms with van der Waals surface area (Å²) in [6.07, 6.45) is -0.286. The quantitative estimate of drug-likeness (QED) is 0.312. The number of hydrogen-bond donors (Lipinski definition) is 1. The molecule has 32 heavy (non-hydrogen) atoms. The maximum atomic E-state index is 12.9. The molecule has 0 saturated carbocycles. The van der Waals surface area contributed by atoms with Crippen molar-refractivity contribution in [2.75, 3.05) is 18.5 Å². The van der Waals surface area contributed by atoms with E-state index in [1.165, 1.54) is 6.92 Å². The highest BCUT2D eigenvalue weighted by Crippen LogP contribution is 2.31. The number of nitrogens with one attached hydrogen (secondary N) is 1. The van der Waals surface area contributed by atoms with E-state index in [0.717, 1.165) is 0 Å². The number of ketones is 1. The lowest BCUT2D eigenvalue weighted by Crippen LogP contribution is -2.41. The van der Waals surface area contributed by atoms with E-state index < -0.39 is 17.5 Å². The minimum Gasteiger partial charge on any atom is -0.474 e. The third-order valence-corrected chi connectivity index (χ3v) is 4.52. The molecule has 0 aromatic heterocycles. The van der Waals surface area contributed by atoms with E-state index in [4.69, 9.17) is 25.8 Å². The van der Waals surface area contributed by atoms with E-state index in [0.29, 0.717) is 27.6 Å². The molecule has 8 heteroatoms. The molecule has 0 aliphatic rings. The topological polar surface area (TPSA) is 90.9 Å². The minimum absolute atomic E-state index is 0.128. The van der Waals surface area contributed by atoms with Crippen LogP contribution in [0.5, 0.6) is 5.75 Å². The summed E-state index contributed by atoms with van der Waals surface area (Å²) < 4.78 is 16.2. The zero-order valence-corrected chi connectivity index (χ0v) is 19.6. The van der Waals surface area contributed by atoms with Crippen LogP contribution in [0.2, 0.25) is 5.02 Å². The molecular formula is C24H28ClNO6. The summed E-state index contributed by atoms with van der Waals surface area (Å²) in [7, 11) is 0. The number of esters is 2. The average Bonchev–Trinajstić information content (AvgIpc) is 2.71. The van der Waals surface area contributed by atoms with Crippen molar-refractivity contribution in [2.45, 2.75) is 46.3 Å². The average molecular weight is 462 g/mol. The highest BCUT2D eigenvalue weighted by Gasteiger charge is 2.33. The number of carbonyl (C=O) groups is 3. The number of anilines is 1. The second-order valence-electron chi connectivity index (χ2n) is 7.88. The summed E-state index contributed by atoms with van der Waals surface area (Å²) in [6.45, 7) is 8.46. The number of halogens is 1. The summed E-state index contributed by atoms with van der Waals surface area (Å²) in [6, 6.07) is 11.4. The number of carbonyl (C=O) groups excluding carboxylic acids is 3. The van der Waals surface area contributed by atoms with Crippen molar-refractivity contribution < 1.29 is 28.6 Å². The van der Waals surface area contributed by atoms with Crippen LogP contribution in [0, 0.1) is 0 Å². The second kappa shape index (κ2) is 11.0. The van der Waals surface area contributed by atoms with Gasteiger partial charge in [0.25, 0.3) is 0 Å². The molecule has 0 saturated heterocycles. The summed E-state index contributed by atoms with van der Waals surface area (Å²) in [4.78, 5) is 36.3. The lowest BCUT2D eigenvalue weighted by atomic mass is 10.0. The Morgan fingerprint density at radius 3 is 2.25 bits per heavy atom. The molecular weight excluding hydrogens is 434 g/mol. The first-order valence-corrected chi connectivity index (χ1v) is 10.6. The molecule has 1 N–H and O–H groups in total. The first-order valence-electron chi connectivity index (χ1n) is 10.2. The number of ether oxygens (including phenoxy) is 3. The molecule has 2 rings (SSSR count). The molecule has 0 unspecified atom stereocenters. The van der Waals surface area contributed by atoms with Gasteiger partial charge >= 0.3 is 11.9 Å². The van der Waals surface area contributed by atoms with Crippen molar-refractivity contribution in [1.82, 2.24) is 0 Å². The molecule has 0 spiro atoms. The van der Waals surface area contributed by atoms with E-state index in [-0.39, 0.29) is 25.0 Å². The molecule has 2 aromatic carbocycles. The standard InChI is InChI=1S/C24H28ClNO6/c1-15(2)31-23(29)24(4,5)32-21-11-8-18(14-20(21)26-12-13-30-16(3)27)22(28)17-6-9-19(25)10-7-17/h6-11,14-15,26H,12-13H2,1-5H3. The van der Waals surface area contributed by atoms with Gasteiger partial charge in [-0.3, -0.25) is 9.59 Å². The largest absolute Gasteiger partial charge is 0.474 e. The Morgan fingerprint density at radius 1 is 1.03 bits per heavy atom. The molecule has 0 fully saturated rings. The van der Waals surface area contributed by atoms with Gasteiger partial charge in [0.1, 0.15) is 12.4 Å². The zero-order chi connectivity index (χ0) is 23.9. The van der Waals surface area contributed by atoms with Crippen LogP contribution in [0.25, 0.3) is 0 Å². The summed E-state index contributed by atoms with van der Waals surface area (Å²) in [5, 5.41) is 3.63. The Hall–Kier alpha value is -3.06. The predicted molar refractivity (Wildman–Crippen MR) is 122 cm³/mol. The van der Waals surface area contributed by atoms with E-state index in [2.05, 4.69) is 5.32 Å². The molecule has 7 nitrogen and oxygen atoms in total. The SMILES string of the molecule is CC(=O)OCCNc1cc(C(=O)c2ccc(Cl)cc2)ccc1OC(C)(C)C(=O)OC(C)C. The first-order chi connectivity index (χ1) is 15.0. The Kier molecular flexibility index (Phi) is 8.66. The van der Waals surface area contributed by atoms with Crippen molar-refractivity contribution in [1.29, 1.82) is 0 Å². The fourth-order valence-electron chi connectivity index (χ4n) is 2.72. The Balaban J connectivity index is 2.31. The van der Waals surface area contributed by atoms with E-state index in [1.807, 2.05) is 0 Å². The molecule has 0 bridgehead atoms. The summed E-state index contributed by atoms with van der Waals surface area (Å²) in [5.74, 6) is -0.756. The molecule has 0 atom stereocenters. The van der Waals surface area contributed by atoms with Crippen LogP contribution >= 0.6 is 11.6 Å². The lowest BCUT2D eigenvalue weighted by molar-refractivity contribution is -0.163. The van der Waals surface area contributed by atoms with Gasteiger partial charge in [0, 0.05) is 29.6 Å². The van der Waals surface area contributed by atoms with Gasteiger partial charge in [-0.25, -0.2) is 4.79 Å². The van der Waals surface area contributed by atoms with E-state index in [9.17, 15) is 14.4 Å². The first kappa shape index (κ1) is 25.2. The molecule has 172 valence electrons. The zero-order valence-electron chi connectivity index (χ0n) is 18.9. The molecule has 0 radical (unpaired) electrons. The minimum atomic E-state index is -1.27. The van der Waals surface area contributed by atoms with Gasteiger partial charge < -0.3 is 19.5 Å². The maximum absolute atomic E-state index is 12.9. The van der Waals surface area contributed by atoms with Gasteiger partial charge in [0.2, 0.25) is 0 Å². The molecule has 0 aliphatic heterocycles. The van der Waals surface area contributed by atoms with Crippen LogP contribution in [0.4, 0.5) is 5.69 Å². The van der Waals surface area contributed by atoms with Gasteiger partial charge in [-0.15, -0.1) is 0 Å². The van der Waals surface area contributed by atoms with Gasteiger partial charge in [-0.2, -0.15) is 0 Å². The fraction of sp³-hybridized carbons (Fsp3) is 0.375. The van der Waals surface area contributed by atoms with E-state index in [1.54, 1.807) is 70.2 Å². The van der Waals surface area contributed by atoms with Crippen molar-refractivity contribution in [3.05, 3.63) is 58.6 Å². The maximum Gasteiger partial charge on any atom is 0.350 e. The number of benzene rings is 2. The van der Waals surface area contributed by atoms with Gasteiger partial charge in [-0.05, 0) is 70.2 Å². The highest BCUT2D eigenvalue weighted by atomic mass is 35.5. The fourth-order valence-corrected chi connectivity index (χ4v) is 2.85. The molecule has 2 aromatic rings. The van der Waals surface area contributed by atoms with Crippen molar-refractivity contribution in [3.8, 4) is 5.75 Å². The predicted octanol–water partition coefficient (Wildman–Crippen LogP) is 4.66. The normalized spacial score (nSPS) is 11.1. The van der Waals surface area contributed by atoms with E-state index >= 15 is 0 Å². The van der Waals surface area contributed by atoms with Gasteiger partial charge in [0.05, 0.1) is 11.8 Å². The highest BCUT2D eigenvalue weighted by molar-refractivity contribution is 6.30. The summed E-state index contributed by atoms with van der Waals surface area (Å²) >= 11 is 5.91. The molecule has 0 aliphatic carbocycles. The smallest absolute Gasteiger partial charge is 0.350 e. The van der Waals surface area contributed by atoms with Crippen LogP contribution in [-0.4, -0.2) is 42.6 Å². The Bertz CT molecular complexity index is 969. The van der Waals surface area contributed by atoms with Crippen LogP contribution in [0.15, 0.2) is 42.5 Å². The lowest BCUT2D eigenvalue weighted by Gasteiger charge is -2.27. The Morgan fingerprint density at radius 2 is 1.66 bits per heavy atom. The third kappa shape index (κ3) is 7.27. The van der Waals surface area contributed by atoms with Crippen molar-refractivity contribution in [2.24, 2.45) is 0 Å². The number of rotatable bonds is 10. The van der Waals surface area contributed by atoms with Crippen molar-refractivity contribution in [3.63, 3.8) is 0 Å². The van der Waals surface area contributed by atoms with Gasteiger partial charge in [-0.1, -0.05) is 11.6 Å². The van der Waals surface area contributed by atoms with Crippen LogP contribution in [-0.2, 0) is 19.1 Å². The molecule has 0 heterocycles.